The molecule has 0 aliphatic carbocycles. The maximum Gasteiger partial charge on any atom is 0.139 e. The summed E-state index contributed by atoms with van der Waals surface area (Å²) in [6.07, 6.45) is 1.41. The summed E-state index contributed by atoms with van der Waals surface area (Å²) in [7, 11) is 0. The van der Waals surface area contributed by atoms with E-state index >= 15 is 0 Å². The van der Waals surface area contributed by atoms with Crippen LogP contribution in [0.15, 0.2) is 35.8 Å². The number of nitrogens with zero attached hydrogens (tertiary/aromatic N) is 2. The molecule has 3 rings (SSSR count). The number of imidazole rings is 1. The number of pyridine rings is 1. The average molecular weight is 267 g/mol. The van der Waals surface area contributed by atoms with E-state index in [4.69, 9.17) is 11.6 Å². The SMILES string of the molecule is Fc1ccc2nc(-c3cccs3)c(CCl)n2c1. The molecule has 0 radical (unpaired) electrons. The Morgan fingerprint density at radius 1 is 1.35 bits per heavy atom. The molecule has 86 valence electrons. The lowest BCUT2D eigenvalue weighted by Gasteiger charge is -1.99. The van der Waals surface area contributed by atoms with E-state index in [-0.39, 0.29) is 5.82 Å². The second-order valence-electron chi connectivity index (χ2n) is 3.59. The summed E-state index contributed by atoms with van der Waals surface area (Å²) >= 11 is 7.54. The highest BCUT2D eigenvalue weighted by atomic mass is 35.5. The van der Waals surface area contributed by atoms with Crippen LogP contribution in [0.2, 0.25) is 0 Å². The van der Waals surface area contributed by atoms with Gasteiger partial charge in [-0.2, -0.15) is 0 Å². The summed E-state index contributed by atoms with van der Waals surface area (Å²) in [4.78, 5) is 5.54. The maximum atomic E-state index is 13.2. The number of rotatable bonds is 2. The van der Waals surface area contributed by atoms with E-state index in [0.29, 0.717) is 11.5 Å². The lowest BCUT2D eigenvalue weighted by Crippen LogP contribution is -1.91. The average Bonchev–Trinajstić information content (AvgIpc) is 2.94. The maximum absolute atomic E-state index is 13.2. The van der Waals surface area contributed by atoms with Crippen LogP contribution in [-0.2, 0) is 5.88 Å². The first-order chi connectivity index (χ1) is 8.29. The van der Waals surface area contributed by atoms with Crippen LogP contribution in [0.4, 0.5) is 4.39 Å². The smallest absolute Gasteiger partial charge is 0.139 e. The molecule has 0 N–H and O–H groups in total. The van der Waals surface area contributed by atoms with Gasteiger partial charge in [-0.25, -0.2) is 9.37 Å². The molecule has 17 heavy (non-hydrogen) atoms. The van der Waals surface area contributed by atoms with Crippen molar-refractivity contribution in [2.75, 3.05) is 0 Å². The van der Waals surface area contributed by atoms with E-state index in [1.54, 1.807) is 21.8 Å². The van der Waals surface area contributed by atoms with Crippen molar-refractivity contribution in [1.82, 2.24) is 9.38 Å². The van der Waals surface area contributed by atoms with Gasteiger partial charge in [0.25, 0.3) is 0 Å². The Morgan fingerprint density at radius 2 is 2.24 bits per heavy atom. The van der Waals surface area contributed by atoms with Gasteiger partial charge in [-0.3, -0.25) is 4.40 Å². The second kappa shape index (κ2) is 4.13. The van der Waals surface area contributed by atoms with E-state index in [1.807, 2.05) is 17.5 Å². The molecule has 0 saturated carbocycles. The van der Waals surface area contributed by atoms with Gasteiger partial charge >= 0.3 is 0 Å². The van der Waals surface area contributed by atoms with Crippen LogP contribution >= 0.6 is 22.9 Å². The first kappa shape index (κ1) is 10.7. The number of halogens is 2. The largest absolute Gasteiger partial charge is 0.299 e. The minimum Gasteiger partial charge on any atom is -0.299 e. The Balaban J connectivity index is 2.32. The highest BCUT2D eigenvalue weighted by molar-refractivity contribution is 7.13. The summed E-state index contributed by atoms with van der Waals surface area (Å²) in [5, 5.41) is 1.98. The van der Waals surface area contributed by atoms with Crippen LogP contribution in [0.5, 0.6) is 0 Å². The predicted molar refractivity (Wildman–Crippen MR) is 68.0 cm³/mol. The molecule has 0 aliphatic rings. The Kier molecular flexibility index (Phi) is 2.61. The van der Waals surface area contributed by atoms with Gasteiger partial charge in [0.15, 0.2) is 0 Å². The van der Waals surface area contributed by atoms with Crippen LogP contribution < -0.4 is 0 Å². The van der Waals surface area contributed by atoms with Crippen molar-refractivity contribution >= 4 is 28.6 Å². The van der Waals surface area contributed by atoms with Crippen LogP contribution in [0.3, 0.4) is 0 Å². The number of hydrogen-bond acceptors (Lipinski definition) is 2. The summed E-state index contributed by atoms with van der Waals surface area (Å²) in [5.41, 5.74) is 2.37. The molecule has 0 amide bonds. The number of aromatic nitrogens is 2. The van der Waals surface area contributed by atoms with Crippen LogP contribution in [0.25, 0.3) is 16.2 Å². The van der Waals surface area contributed by atoms with Crippen molar-refractivity contribution in [1.29, 1.82) is 0 Å². The van der Waals surface area contributed by atoms with E-state index < -0.39 is 0 Å². The summed E-state index contributed by atoms with van der Waals surface area (Å²) in [5.74, 6) is 0.0108. The fourth-order valence-corrected chi connectivity index (χ4v) is 2.80. The van der Waals surface area contributed by atoms with Crippen LogP contribution in [-0.4, -0.2) is 9.38 Å². The molecule has 0 spiro atoms. The minimum absolute atomic E-state index is 0.293. The zero-order valence-corrected chi connectivity index (χ0v) is 10.3. The van der Waals surface area contributed by atoms with Gasteiger partial charge in [0.1, 0.15) is 17.2 Å². The van der Waals surface area contributed by atoms with Crippen LogP contribution in [0, 0.1) is 5.82 Å². The molecule has 3 aromatic rings. The summed E-state index contributed by atoms with van der Waals surface area (Å²) in [6.45, 7) is 0. The number of thiophene rings is 1. The highest BCUT2D eigenvalue weighted by Crippen LogP contribution is 2.29. The normalized spacial score (nSPS) is 11.2. The quantitative estimate of drug-likeness (QED) is 0.642. The molecule has 3 heterocycles. The van der Waals surface area contributed by atoms with E-state index in [2.05, 4.69) is 4.98 Å². The Labute approximate surface area is 106 Å². The molecule has 0 aliphatic heterocycles. The molecular weight excluding hydrogens is 259 g/mol. The molecule has 3 aromatic heterocycles. The lowest BCUT2D eigenvalue weighted by atomic mass is 10.3. The molecule has 5 heteroatoms. The minimum atomic E-state index is -0.293. The van der Waals surface area contributed by atoms with Crippen molar-refractivity contribution in [3.8, 4) is 10.6 Å². The molecule has 0 atom stereocenters. The lowest BCUT2D eigenvalue weighted by molar-refractivity contribution is 0.618. The van der Waals surface area contributed by atoms with Crippen molar-refractivity contribution in [3.05, 3.63) is 47.4 Å². The first-order valence-electron chi connectivity index (χ1n) is 5.06. The van der Waals surface area contributed by atoms with Gasteiger partial charge in [0.05, 0.1) is 16.5 Å². The van der Waals surface area contributed by atoms with Gasteiger partial charge in [-0.1, -0.05) is 6.07 Å². The monoisotopic (exact) mass is 266 g/mol. The molecule has 2 nitrogen and oxygen atoms in total. The van der Waals surface area contributed by atoms with Crippen molar-refractivity contribution in [2.24, 2.45) is 0 Å². The number of alkyl halides is 1. The van der Waals surface area contributed by atoms with E-state index in [9.17, 15) is 4.39 Å². The summed E-state index contributed by atoms with van der Waals surface area (Å²) < 4.78 is 14.9. The van der Waals surface area contributed by atoms with E-state index in [0.717, 1.165) is 16.3 Å². The Hall–Kier alpha value is -1.39. The van der Waals surface area contributed by atoms with Crippen LogP contribution in [0.1, 0.15) is 5.69 Å². The predicted octanol–water partition coefficient (Wildman–Crippen LogP) is 3.94. The summed E-state index contributed by atoms with van der Waals surface area (Å²) in [6, 6.07) is 7.00. The zero-order chi connectivity index (χ0) is 11.8. The third kappa shape index (κ3) is 1.73. The fourth-order valence-electron chi connectivity index (χ4n) is 1.81. The van der Waals surface area contributed by atoms with Crippen molar-refractivity contribution in [3.63, 3.8) is 0 Å². The first-order valence-corrected chi connectivity index (χ1v) is 6.47. The molecule has 0 bridgehead atoms. The fraction of sp³-hybridized carbons (Fsp3) is 0.0833. The second-order valence-corrected chi connectivity index (χ2v) is 4.81. The third-order valence-corrected chi connectivity index (χ3v) is 3.69. The number of hydrogen-bond donors (Lipinski definition) is 0. The number of fused-ring (bicyclic) bond motifs is 1. The zero-order valence-electron chi connectivity index (χ0n) is 8.73. The molecule has 0 fully saturated rings. The van der Waals surface area contributed by atoms with Crippen molar-refractivity contribution < 1.29 is 4.39 Å². The van der Waals surface area contributed by atoms with Gasteiger partial charge in [-0.05, 0) is 23.6 Å². The molecule has 0 saturated heterocycles. The van der Waals surface area contributed by atoms with Gasteiger partial charge < -0.3 is 0 Å². The topological polar surface area (TPSA) is 17.3 Å². The van der Waals surface area contributed by atoms with Gasteiger partial charge in [0, 0.05) is 6.20 Å². The van der Waals surface area contributed by atoms with Gasteiger partial charge in [0.2, 0.25) is 0 Å². The highest BCUT2D eigenvalue weighted by Gasteiger charge is 2.14. The standard InChI is InChI=1S/C12H8ClFN2S/c13-6-9-12(10-2-1-5-17-10)15-11-4-3-8(14)7-16(9)11/h1-5,7H,6H2. The Bertz CT molecular complexity index is 661. The molecule has 0 aromatic carbocycles. The van der Waals surface area contributed by atoms with Crippen molar-refractivity contribution in [2.45, 2.75) is 5.88 Å². The third-order valence-electron chi connectivity index (χ3n) is 2.56. The molecule has 0 unspecified atom stereocenters. The van der Waals surface area contributed by atoms with E-state index in [1.165, 1.54) is 12.3 Å². The Morgan fingerprint density at radius 3 is 2.94 bits per heavy atom. The molecular formula is C12H8ClFN2S. The van der Waals surface area contributed by atoms with Gasteiger partial charge in [-0.15, -0.1) is 22.9 Å².